The molecule has 0 saturated carbocycles. The SMILES string of the molecule is CC(OC(=O)/C=C/c1cn(-c2ccccc2)nc1-c1cccs1)c1nnc(-c2cccs2)o1. The number of carbonyl (C=O) groups excluding carboxylic acids is 1. The minimum atomic E-state index is -0.674. The second-order valence-electron chi connectivity index (χ2n) is 7.03. The van der Waals surface area contributed by atoms with Crippen molar-refractivity contribution in [1.82, 2.24) is 20.0 Å². The van der Waals surface area contributed by atoms with E-state index in [1.807, 2.05) is 71.6 Å². The highest BCUT2D eigenvalue weighted by Crippen LogP contribution is 2.29. The Labute approximate surface area is 197 Å². The summed E-state index contributed by atoms with van der Waals surface area (Å²) in [5, 5.41) is 16.7. The first kappa shape index (κ1) is 21.0. The highest BCUT2D eigenvalue weighted by atomic mass is 32.1. The van der Waals surface area contributed by atoms with E-state index in [4.69, 9.17) is 14.3 Å². The lowest BCUT2D eigenvalue weighted by Gasteiger charge is -2.06. The number of ether oxygens (including phenoxy) is 1. The lowest BCUT2D eigenvalue weighted by Crippen LogP contribution is -2.06. The number of hydrogen-bond acceptors (Lipinski definition) is 8. The topological polar surface area (TPSA) is 83.0 Å². The van der Waals surface area contributed by atoms with Crippen molar-refractivity contribution in [1.29, 1.82) is 0 Å². The number of rotatable bonds is 7. The summed E-state index contributed by atoms with van der Waals surface area (Å²) in [5.74, 6) is 0.145. The summed E-state index contributed by atoms with van der Waals surface area (Å²) in [5.41, 5.74) is 2.54. The van der Waals surface area contributed by atoms with Crippen molar-refractivity contribution in [3.05, 3.63) is 89.1 Å². The van der Waals surface area contributed by atoms with E-state index >= 15 is 0 Å². The van der Waals surface area contributed by atoms with Crippen LogP contribution in [0.1, 0.15) is 24.5 Å². The quantitative estimate of drug-likeness (QED) is 0.212. The molecule has 1 aromatic carbocycles. The van der Waals surface area contributed by atoms with Gasteiger partial charge in [-0.05, 0) is 48.0 Å². The maximum absolute atomic E-state index is 12.5. The fourth-order valence-corrected chi connectivity index (χ4v) is 4.52. The van der Waals surface area contributed by atoms with E-state index in [-0.39, 0.29) is 5.89 Å². The summed E-state index contributed by atoms with van der Waals surface area (Å²) in [6.45, 7) is 1.70. The Morgan fingerprint density at radius 3 is 2.52 bits per heavy atom. The lowest BCUT2D eigenvalue weighted by atomic mass is 10.2. The summed E-state index contributed by atoms with van der Waals surface area (Å²) in [4.78, 5) is 14.4. The molecular weight excluding hydrogens is 456 g/mol. The summed E-state index contributed by atoms with van der Waals surface area (Å²) < 4.78 is 12.9. The standard InChI is InChI=1S/C24H18N4O3S2/c1-16(23-25-26-24(31-23)20-10-6-14-33-20)30-21(29)12-11-17-15-28(18-7-3-2-4-8-18)27-22(17)19-9-5-13-32-19/h2-16H,1H3/b12-11+. The molecule has 0 aliphatic heterocycles. The number of carbonyl (C=O) groups is 1. The summed E-state index contributed by atoms with van der Waals surface area (Å²) in [6.07, 6.45) is 4.31. The van der Waals surface area contributed by atoms with Crippen LogP contribution < -0.4 is 0 Å². The zero-order valence-electron chi connectivity index (χ0n) is 17.5. The molecule has 1 atom stereocenters. The first-order valence-electron chi connectivity index (χ1n) is 10.1. The van der Waals surface area contributed by atoms with Crippen molar-refractivity contribution in [2.24, 2.45) is 0 Å². The molecule has 164 valence electrons. The number of hydrogen-bond donors (Lipinski definition) is 0. The monoisotopic (exact) mass is 474 g/mol. The molecule has 9 heteroatoms. The third kappa shape index (κ3) is 4.69. The fourth-order valence-electron chi connectivity index (χ4n) is 3.15. The van der Waals surface area contributed by atoms with E-state index in [9.17, 15) is 4.79 Å². The molecule has 0 radical (unpaired) electrons. The van der Waals surface area contributed by atoms with E-state index in [1.54, 1.807) is 29.0 Å². The van der Waals surface area contributed by atoms with Gasteiger partial charge in [-0.2, -0.15) is 5.10 Å². The van der Waals surface area contributed by atoms with Crippen LogP contribution in [-0.2, 0) is 9.53 Å². The summed E-state index contributed by atoms with van der Waals surface area (Å²) in [7, 11) is 0. The van der Waals surface area contributed by atoms with Gasteiger partial charge in [0.1, 0.15) is 5.69 Å². The van der Waals surface area contributed by atoms with Crippen LogP contribution in [0.4, 0.5) is 0 Å². The molecule has 0 saturated heterocycles. The smallest absolute Gasteiger partial charge is 0.331 e. The van der Waals surface area contributed by atoms with E-state index in [0.717, 1.165) is 26.7 Å². The van der Waals surface area contributed by atoms with Crippen molar-refractivity contribution in [2.45, 2.75) is 13.0 Å². The van der Waals surface area contributed by atoms with Gasteiger partial charge in [0, 0.05) is 17.8 Å². The van der Waals surface area contributed by atoms with E-state index in [2.05, 4.69) is 10.2 Å². The molecular formula is C24H18N4O3S2. The molecule has 7 nitrogen and oxygen atoms in total. The highest BCUT2D eigenvalue weighted by molar-refractivity contribution is 7.13. The van der Waals surface area contributed by atoms with Crippen LogP contribution in [0.15, 0.2) is 82.0 Å². The molecule has 0 N–H and O–H groups in total. The molecule has 0 fully saturated rings. The van der Waals surface area contributed by atoms with Crippen molar-refractivity contribution in [3.63, 3.8) is 0 Å². The molecule has 5 aromatic rings. The van der Waals surface area contributed by atoms with E-state index in [1.165, 1.54) is 17.4 Å². The Balaban J connectivity index is 1.33. The summed E-state index contributed by atoms with van der Waals surface area (Å²) in [6, 6.07) is 17.6. The van der Waals surface area contributed by atoms with Crippen LogP contribution in [0.5, 0.6) is 0 Å². The Hall–Kier alpha value is -3.82. The molecule has 4 heterocycles. The van der Waals surface area contributed by atoms with Crippen LogP contribution >= 0.6 is 22.7 Å². The number of benzene rings is 1. The second kappa shape index (κ2) is 9.35. The molecule has 1 unspecified atom stereocenters. The van der Waals surface area contributed by atoms with Gasteiger partial charge in [-0.15, -0.1) is 32.9 Å². The molecule has 0 aliphatic carbocycles. The van der Waals surface area contributed by atoms with Gasteiger partial charge in [-0.25, -0.2) is 9.48 Å². The summed E-state index contributed by atoms with van der Waals surface area (Å²) >= 11 is 3.09. The molecule has 33 heavy (non-hydrogen) atoms. The molecule has 0 aliphatic rings. The van der Waals surface area contributed by atoms with Gasteiger partial charge in [0.05, 0.1) is 15.4 Å². The average molecular weight is 475 g/mol. The largest absolute Gasteiger partial charge is 0.449 e. The fraction of sp³-hybridized carbons (Fsp3) is 0.0833. The highest BCUT2D eigenvalue weighted by Gasteiger charge is 2.19. The van der Waals surface area contributed by atoms with E-state index < -0.39 is 12.1 Å². The zero-order valence-corrected chi connectivity index (χ0v) is 19.1. The van der Waals surface area contributed by atoms with Crippen molar-refractivity contribution in [2.75, 3.05) is 0 Å². The normalized spacial score (nSPS) is 12.3. The molecule has 0 amide bonds. The van der Waals surface area contributed by atoms with E-state index in [0.29, 0.717) is 5.89 Å². The van der Waals surface area contributed by atoms with Crippen molar-refractivity contribution < 1.29 is 13.9 Å². The predicted octanol–water partition coefficient (Wildman–Crippen LogP) is 6.03. The Kier molecular flexibility index (Phi) is 5.97. The number of aromatic nitrogens is 4. The first-order valence-corrected chi connectivity index (χ1v) is 11.9. The maximum atomic E-state index is 12.5. The Morgan fingerprint density at radius 1 is 1.03 bits per heavy atom. The first-order chi connectivity index (χ1) is 16.2. The van der Waals surface area contributed by atoms with Crippen molar-refractivity contribution in [3.8, 4) is 27.0 Å². The van der Waals surface area contributed by atoms with Crippen molar-refractivity contribution >= 4 is 34.7 Å². The van der Waals surface area contributed by atoms with Gasteiger partial charge < -0.3 is 9.15 Å². The minimum absolute atomic E-state index is 0.247. The average Bonchev–Trinajstić information content (AvgIpc) is 3.64. The third-order valence-corrected chi connectivity index (χ3v) is 6.46. The number of para-hydroxylation sites is 1. The Bertz CT molecular complexity index is 1370. The van der Waals surface area contributed by atoms with Gasteiger partial charge in [0.25, 0.3) is 11.8 Å². The third-order valence-electron chi connectivity index (χ3n) is 4.73. The molecule has 4 aromatic heterocycles. The van der Waals surface area contributed by atoms with Crippen LogP contribution in [-0.4, -0.2) is 25.9 Å². The predicted molar refractivity (Wildman–Crippen MR) is 128 cm³/mol. The van der Waals surface area contributed by atoms with Gasteiger partial charge in [-0.1, -0.05) is 30.3 Å². The van der Waals surface area contributed by atoms with Gasteiger partial charge >= 0.3 is 5.97 Å². The van der Waals surface area contributed by atoms with Gasteiger partial charge in [0.15, 0.2) is 6.10 Å². The van der Waals surface area contributed by atoms with Crippen LogP contribution in [0.3, 0.4) is 0 Å². The lowest BCUT2D eigenvalue weighted by molar-refractivity contribution is -0.143. The number of esters is 1. The second-order valence-corrected chi connectivity index (χ2v) is 8.92. The van der Waals surface area contributed by atoms with Gasteiger partial charge in [0.2, 0.25) is 0 Å². The minimum Gasteiger partial charge on any atom is -0.449 e. The van der Waals surface area contributed by atoms with Gasteiger partial charge in [-0.3, -0.25) is 0 Å². The number of nitrogens with zero attached hydrogens (tertiary/aromatic N) is 4. The van der Waals surface area contributed by atoms with Crippen LogP contribution in [0, 0.1) is 0 Å². The maximum Gasteiger partial charge on any atom is 0.331 e. The van der Waals surface area contributed by atoms with Crippen LogP contribution in [0.2, 0.25) is 0 Å². The van der Waals surface area contributed by atoms with Crippen LogP contribution in [0.25, 0.3) is 33.1 Å². The molecule has 0 spiro atoms. The zero-order chi connectivity index (χ0) is 22.6. The Morgan fingerprint density at radius 2 is 1.79 bits per heavy atom. The molecule has 5 rings (SSSR count). The number of thiophene rings is 2. The molecule has 0 bridgehead atoms.